The van der Waals surface area contributed by atoms with E-state index >= 15 is 0 Å². The zero-order chi connectivity index (χ0) is 14.5. The molecule has 5 heteroatoms. The van der Waals surface area contributed by atoms with Crippen LogP contribution in [0.25, 0.3) is 27.8 Å². The smallest absolute Gasteiger partial charge is 0.155 e. The van der Waals surface area contributed by atoms with Crippen molar-refractivity contribution in [2.75, 3.05) is 0 Å². The second kappa shape index (κ2) is 4.27. The Bertz CT molecular complexity index is 981. The van der Waals surface area contributed by atoms with Gasteiger partial charge in [0.2, 0.25) is 0 Å². The van der Waals surface area contributed by atoms with E-state index < -0.39 is 0 Å². The summed E-state index contributed by atoms with van der Waals surface area (Å²) in [4.78, 5) is 4.45. The standard InChI is InChI=1S/C17H13N5/c1-2-4-12(5-3-1)22-15-7-6-11-8-18-17-14(9-19-21-17)16(11)13(15)10-20-22/h1-5,8-10H,6-7H2,(H,18,19,21). The highest BCUT2D eigenvalue weighted by molar-refractivity contribution is 5.95. The first-order chi connectivity index (χ1) is 10.9. The number of aromatic nitrogens is 5. The molecule has 0 amide bonds. The minimum atomic E-state index is 0.832. The van der Waals surface area contributed by atoms with Gasteiger partial charge < -0.3 is 0 Å². The third-order valence-corrected chi connectivity index (χ3v) is 4.33. The van der Waals surface area contributed by atoms with Crippen molar-refractivity contribution in [3.05, 3.63) is 60.2 Å². The van der Waals surface area contributed by atoms with E-state index in [4.69, 9.17) is 0 Å². The van der Waals surface area contributed by atoms with Gasteiger partial charge in [0, 0.05) is 22.7 Å². The van der Waals surface area contributed by atoms with Crippen LogP contribution in [0.1, 0.15) is 11.3 Å². The SMILES string of the molecule is c1ccc(-n2ncc3c2CCc2cnc4[nH]ncc4c2-3)cc1. The molecule has 22 heavy (non-hydrogen) atoms. The summed E-state index contributed by atoms with van der Waals surface area (Å²) in [5.74, 6) is 0. The van der Waals surface area contributed by atoms with Gasteiger partial charge in [-0.25, -0.2) is 9.67 Å². The minimum Gasteiger partial charge on any atom is -0.261 e. The summed E-state index contributed by atoms with van der Waals surface area (Å²) < 4.78 is 2.05. The van der Waals surface area contributed by atoms with Crippen molar-refractivity contribution >= 4 is 11.0 Å². The molecule has 106 valence electrons. The Balaban J connectivity index is 1.79. The molecule has 5 rings (SSSR count). The molecule has 0 unspecified atom stereocenters. The lowest BCUT2D eigenvalue weighted by atomic mass is 9.89. The fraction of sp³-hybridized carbons (Fsp3) is 0.118. The van der Waals surface area contributed by atoms with Crippen LogP contribution in [-0.2, 0) is 12.8 Å². The van der Waals surface area contributed by atoms with Gasteiger partial charge in [0.1, 0.15) is 0 Å². The molecule has 0 saturated heterocycles. The van der Waals surface area contributed by atoms with Crippen LogP contribution in [0.15, 0.2) is 48.9 Å². The molecule has 1 aromatic carbocycles. The highest BCUT2D eigenvalue weighted by Gasteiger charge is 2.24. The molecule has 0 bridgehead atoms. The van der Waals surface area contributed by atoms with Crippen LogP contribution in [0.5, 0.6) is 0 Å². The van der Waals surface area contributed by atoms with Crippen LogP contribution in [0.3, 0.4) is 0 Å². The molecule has 3 heterocycles. The van der Waals surface area contributed by atoms with Gasteiger partial charge in [0.15, 0.2) is 5.65 Å². The maximum absolute atomic E-state index is 4.62. The highest BCUT2D eigenvalue weighted by Crippen LogP contribution is 2.37. The third kappa shape index (κ3) is 1.50. The first-order valence-electron chi connectivity index (χ1n) is 7.35. The van der Waals surface area contributed by atoms with Gasteiger partial charge in [-0.3, -0.25) is 5.10 Å². The van der Waals surface area contributed by atoms with Crippen molar-refractivity contribution in [1.82, 2.24) is 25.0 Å². The predicted molar refractivity (Wildman–Crippen MR) is 83.9 cm³/mol. The van der Waals surface area contributed by atoms with Gasteiger partial charge in [0.25, 0.3) is 0 Å². The van der Waals surface area contributed by atoms with E-state index in [9.17, 15) is 0 Å². The lowest BCUT2D eigenvalue weighted by Crippen LogP contribution is -2.09. The maximum Gasteiger partial charge on any atom is 0.155 e. The van der Waals surface area contributed by atoms with Gasteiger partial charge in [-0.05, 0) is 30.5 Å². The highest BCUT2D eigenvalue weighted by atomic mass is 15.3. The summed E-state index contributed by atoms with van der Waals surface area (Å²) in [6, 6.07) is 10.3. The van der Waals surface area contributed by atoms with Crippen molar-refractivity contribution in [1.29, 1.82) is 0 Å². The number of fused-ring (bicyclic) bond motifs is 5. The number of aryl methyl sites for hydroxylation is 1. The molecule has 0 spiro atoms. The van der Waals surface area contributed by atoms with Crippen molar-refractivity contribution < 1.29 is 0 Å². The molecule has 0 aliphatic heterocycles. The Labute approximate surface area is 126 Å². The van der Waals surface area contributed by atoms with E-state index in [-0.39, 0.29) is 0 Å². The van der Waals surface area contributed by atoms with E-state index in [0.717, 1.165) is 29.6 Å². The minimum absolute atomic E-state index is 0.832. The molecule has 0 fully saturated rings. The van der Waals surface area contributed by atoms with E-state index in [1.54, 1.807) is 0 Å². The Morgan fingerprint density at radius 2 is 1.91 bits per heavy atom. The fourth-order valence-corrected chi connectivity index (χ4v) is 3.32. The van der Waals surface area contributed by atoms with Crippen LogP contribution < -0.4 is 0 Å². The average Bonchev–Trinajstić information content (AvgIpc) is 3.21. The van der Waals surface area contributed by atoms with Crippen molar-refractivity contribution in [3.63, 3.8) is 0 Å². The molecular formula is C17H13N5. The topological polar surface area (TPSA) is 59.4 Å². The molecule has 0 atom stereocenters. The zero-order valence-corrected chi connectivity index (χ0v) is 11.8. The molecule has 0 radical (unpaired) electrons. The lowest BCUT2D eigenvalue weighted by molar-refractivity contribution is 0.780. The predicted octanol–water partition coefficient (Wildman–Crippen LogP) is 2.91. The van der Waals surface area contributed by atoms with Crippen LogP contribution in [0, 0.1) is 0 Å². The normalized spacial score (nSPS) is 13.1. The number of aromatic amines is 1. The molecule has 0 saturated carbocycles. The largest absolute Gasteiger partial charge is 0.261 e. The molecule has 5 nitrogen and oxygen atoms in total. The van der Waals surface area contributed by atoms with Gasteiger partial charge in [-0.15, -0.1) is 0 Å². The average molecular weight is 287 g/mol. The van der Waals surface area contributed by atoms with E-state index in [2.05, 4.69) is 32.4 Å². The Hall–Kier alpha value is -2.95. The first kappa shape index (κ1) is 11.7. The summed E-state index contributed by atoms with van der Waals surface area (Å²) in [6.07, 6.45) is 7.73. The maximum atomic E-state index is 4.62. The number of H-pyrrole nitrogens is 1. The Morgan fingerprint density at radius 1 is 1.00 bits per heavy atom. The first-order valence-corrected chi connectivity index (χ1v) is 7.35. The van der Waals surface area contributed by atoms with Gasteiger partial charge >= 0.3 is 0 Å². The summed E-state index contributed by atoms with van der Waals surface area (Å²) >= 11 is 0. The molecule has 3 aromatic heterocycles. The number of pyridine rings is 1. The summed E-state index contributed by atoms with van der Waals surface area (Å²) in [6.45, 7) is 0. The zero-order valence-electron chi connectivity index (χ0n) is 11.8. The number of nitrogens with one attached hydrogen (secondary N) is 1. The van der Waals surface area contributed by atoms with Crippen molar-refractivity contribution in [2.45, 2.75) is 12.8 Å². The lowest BCUT2D eigenvalue weighted by Gasteiger charge is -2.18. The van der Waals surface area contributed by atoms with Crippen LogP contribution in [0.4, 0.5) is 0 Å². The quantitative estimate of drug-likeness (QED) is 0.585. The Kier molecular flexibility index (Phi) is 2.27. The number of hydrogen-bond acceptors (Lipinski definition) is 3. The molecular weight excluding hydrogens is 274 g/mol. The number of nitrogens with zero attached hydrogens (tertiary/aromatic N) is 4. The van der Waals surface area contributed by atoms with Crippen molar-refractivity contribution in [3.8, 4) is 16.8 Å². The van der Waals surface area contributed by atoms with Crippen LogP contribution in [-0.4, -0.2) is 25.0 Å². The molecule has 1 N–H and O–H groups in total. The summed E-state index contributed by atoms with van der Waals surface area (Å²) in [7, 11) is 0. The Morgan fingerprint density at radius 3 is 2.82 bits per heavy atom. The second-order valence-electron chi connectivity index (χ2n) is 5.54. The van der Waals surface area contributed by atoms with E-state index in [0.29, 0.717) is 0 Å². The fourth-order valence-electron chi connectivity index (χ4n) is 3.32. The molecule has 1 aliphatic carbocycles. The van der Waals surface area contributed by atoms with Crippen molar-refractivity contribution in [2.24, 2.45) is 0 Å². The monoisotopic (exact) mass is 287 g/mol. The van der Waals surface area contributed by atoms with Gasteiger partial charge in [-0.1, -0.05) is 18.2 Å². The van der Waals surface area contributed by atoms with Gasteiger partial charge in [0.05, 0.1) is 23.8 Å². The summed E-state index contributed by atoms with van der Waals surface area (Å²) in [5.41, 5.74) is 6.88. The number of benzene rings is 1. The third-order valence-electron chi connectivity index (χ3n) is 4.33. The van der Waals surface area contributed by atoms with E-state index in [1.165, 1.54) is 22.4 Å². The van der Waals surface area contributed by atoms with Gasteiger partial charge in [-0.2, -0.15) is 10.2 Å². The molecule has 4 aromatic rings. The number of hydrogen-bond donors (Lipinski definition) is 1. The summed E-state index contributed by atoms with van der Waals surface area (Å²) in [5, 5.41) is 12.8. The number of rotatable bonds is 1. The second-order valence-corrected chi connectivity index (χ2v) is 5.54. The number of para-hydroxylation sites is 1. The molecule has 1 aliphatic rings. The van der Waals surface area contributed by atoms with Crippen LogP contribution in [0.2, 0.25) is 0 Å². The van der Waals surface area contributed by atoms with Crippen LogP contribution >= 0.6 is 0 Å². The van der Waals surface area contributed by atoms with E-state index in [1.807, 2.05) is 41.5 Å².